The lowest BCUT2D eigenvalue weighted by atomic mass is 10.1. The number of likely N-dealkylation sites (N-methyl/N-ethyl adjacent to an activating group) is 1. The van der Waals surface area contributed by atoms with Crippen LogP contribution in [0.4, 0.5) is 18.9 Å². The van der Waals surface area contributed by atoms with Crippen LogP contribution in [0.1, 0.15) is 24.0 Å². The molecular weight excluding hydrogens is 571 g/mol. The number of ether oxygens (including phenoxy) is 2. The molecular formula is C33H34F3N5O3. The van der Waals surface area contributed by atoms with Gasteiger partial charge in [0.15, 0.2) is 11.5 Å². The fourth-order valence-electron chi connectivity index (χ4n) is 6.15. The monoisotopic (exact) mass is 605 g/mol. The number of nitrogens with one attached hydrogen (secondary N) is 1. The van der Waals surface area contributed by atoms with Crippen LogP contribution in [0, 0.1) is 0 Å². The smallest absolute Gasteiger partial charge is 0.416 e. The van der Waals surface area contributed by atoms with Gasteiger partial charge in [0, 0.05) is 54.4 Å². The highest BCUT2D eigenvalue weighted by Gasteiger charge is 2.40. The number of methoxy groups -OCH3 is 1. The standard InChI is InChI=1S/C33H34F3N5O3/c1-40-18-26-15-25(40)19-41(26)12-3-13-44-30-17-28-27(16-29(30)43-2)32(38-20-37-28)22-6-10-24(11-7-22)39-31(42)14-21-4-8-23(9-5-21)33(34,35)36/h4-11,16-17,20,25-26H,3,12-15,18-19H2,1-2H3,(H,39,42)/t25-,26-/m0/s1. The van der Waals surface area contributed by atoms with E-state index in [0.29, 0.717) is 47.1 Å². The number of fused-ring (bicyclic) bond motifs is 3. The molecule has 11 heteroatoms. The summed E-state index contributed by atoms with van der Waals surface area (Å²) >= 11 is 0. The molecule has 2 bridgehead atoms. The highest BCUT2D eigenvalue weighted by Crippen LogP contribution is 2.36. The van der Waals surface area contributed by atoms with Crippen molar-refractivity contribution in [1.82, 2.24) is 19.8 Å². The van der Waals surface area contributed by atoms with Crippen molar-refractivity contribution in [2.24, 2.45) is 0 Å². The van der Waals surface area contributed by atoms with Crippen LogP contribution in [0.2, 0.25) is 0 Å². The van der Waals surface area contributed by atoms with E-state index in [0.717, 1.165) is 54.7 Å². The Morgan fingerprint density at radius 3 is 2.43 bits per heavy atom. The van der Waals surface area contributed by atoms with Crippen LogP contribution in [0.5, 0.6) is 11.5 Å². The molecule has 0 radical (unpaired) electrons. The Kier molecular flexibility index (Phi) is 8.42. The minimum atomic E-state index is -4.41. The Morgan fingerprint density at radius 2 is 1.77 bits per heavy atom. The molecule has 6 rings (SSSR count). The third-order valence-corrected chi connectivity index (χ3v) is 8.48. The second kappa shape index (κ2) is 12.4. The number of nitrogens with zero attached hydrogens (tertiary/aromatic N) is 4. The van der Waals surface area contributed by atoms with Crippen LogP contribution in [0.15, 0.2) is 67.0 Å². The van der Waals surface area contributed by atoms with E-state index in [1.165, 1.54) is 24.9 Å². The number of rotatable bonds is 10. The third kappa shape index (κ3) is 6.48. The topological polar surface area (TPSA) is 79.8 Å². The van der Waals surface area contributed by atoms with Crippen LogP contribution in [0.3, 0.4) is 0 Å². The van der Waals surface area contributed by atoms with Crippen molar-refractivity contribution in [1.29, 1.82) is 0 Å². The lowest BCUT2D eigenvalue weighted by Gasteiger charge is -2.31. The molecule has 230 valence electrons. The number of carbonyl (C=O) groups excluding carboxylic acids is 1. The minimum Gasteiger partial charge on any atom is -0.493 e. The number of halogens is 3. The number of hydrogen-bond acceptors (Lipinski definition) is 7. The Balaban J connectivity index is 1.09. The van der Waals surface area contributed by atoms with E-state index in [4.69, 9.17) is 9.47 Å². The maximum Gasteiger partial charge on any atom is 0.416 e. The van der Waals surface area contributed by atoms with E-state index in [2.05, 4.69) is 32.1 Å². The number of anilines is 1. The normalized spacial score (nSPS) is 18.6. The maximum atomic E-state index is 12.8. The van der Waals surface area contributed by atoms with Gasteiger partial charge in [-0.2, -0.15) is 13.2 Å². The average Bonchev–Trinajstić information content (AvgIpc) is 3.58. The maximum absolute atomic E-state index is 12.8. The molecule has 2 aliphatic rings. The van der Waals surface area contributed by atoms with Crippen molar-refractivity contribution in [3.8, 4) is 22.8 Å². The molecule has 2 saturated heterocycles. The molecule has 0 aliphatic carbocycles. The molecule has 2 aliphatic heterocycles. The number of aromatic nitrogens is 2. The van der Waals surface area contributed by atoms with Gasteiger partial charge < -0.3 is 19.7 Å². The summed E-state index contributed by atoms with van der Waals surface area (Å²) in [6.07, 6.45) is -0.758. The number of carbonyl (C=O) groups is 1. The van der Waals surface area contributed by atoms with Gasteiger partial charge in [-0.3, -0.25) is 9.69 Å². The van der Waals surface area contributed by atoms with Crippen molar-refractivity contribution in [3.63, 3.8) is 0 Å². The van der Waals surface area contributed by atoms with Gasteiger partial charge >= 0.3 is 6.18 Å². The number of piperazine rings is 1. The fourth-order valence-corrected chi connectivity index (χ4v) is 6.15. The van der Waals surface area contributed by atoms with Crippen molar-refractivity contribution >= 4 is 22.5 Å². The number of amides is 1. The molecule has 0 spiro atoms. The minimum absolute atomic E-state index is 0.0442. The van der Waals surface area contributed by atoms with E-state index >= 15 is 0 Å². The van der Waals surface area contributed by atoms with Crippen LogP contribution >= 0.6 is 0 Å². The van der Waals surface area contributed by atoms with E-state index in [9.17, 15) is 18.0 Å². The molecule has 4 aromatic rings. The number of hydrogen-bond donors (Lipinski definition) is 1. The lowest BCUT2D eigenvalue weighted by Crippen LogP contribution is -2.44. The van der Waals surface area contributed by atoms with Crippen LogP contribution in [-0.2, 0) is 17.4 Å². The summed E-state index contributed by atoms with van der Waals surface area (Å²) in [5.74, 6) is 0.906. The molecule has 8 nitrogen and oxygen atoms in total. The van der Waals surface area contributed by atoms with Gasteiger partial charge in [0.05, 0.1) is 36.9 Å². The third-order valence-electron chi connectivity index (χ3n) is 8.48. The Morgan fingerprint density at radius 1 is 1.00 bits per heavy atom. The van der Waals surface area contributed by atoms with Gasteiger partial charge in [-0.15, -0.1) is 0 Å². The zero-order valence-electron chi connectivity index (χ0n) is 24.6. The molecule has 2 fully saturated rings. The summed E-state index contributed by atoms with van der Waals surface area (Å²) < 4.78 is 50.2. The van der Waals surface area contributed by atoms with Gasteiger partial charge in [-0.25, -0.2) is 9.97 Å². The summed E-state index contributed by atoms with van der Waals surface area (Å²) in [6.45, 7) is 3.88. The molecule has 2 atom stereocenters. The Bertz CT molecular complexity index is 1630. The van der Waals surface area contributed by atoms with Crippen molar-refractivity contribution in [2.75, 3.05) is 45.7 Å². The fraction of sp³-hybridized carbons (Fsp3) is 0.364. The molecule has 1 aromatic heterocycles. The quantitative estimate of drug-likeness (QED) is 0.234. The highest BCUT2D eigenvalue weighted by atomic mass is 19.4. The predicted molar refractivity (Wildman–Crippen MR) is 162 cm³/mol. The molecule has 44 heavy (non-hydrogen) atoms. The average molecular weight is 606 g/mol. The molecule has 1 N–H and O–H groups in total. The van der Waals surface area contributed by atoms with E-state index < -0.39 is 11.7 Å². The van der Waals surface area contributed by atoms with Crippen molar-refractivity contribution in [3.05, 3.63) is 78.1 Å². The first-order chi connectivity index (χ1) is 21.2. The highest BCUT2D eigenvalue weighted by molar-refractivity contribution is 5.95. The Hall–Kier alpha value is -4.22. The summed E-state index contributed by atoms with van der Waals surface area (Å²) in [5, 5.41) is 3.59. The number of benzene rings is 3. The van der Waals surface area contributed by atoms with Crippen molar-refractivity contribution < 1.29 is 27.4 Å². The number of likely N-dealkylation sites (tertiary alicyclic amines) is 2. The largest absolute Gasteiger partial charge is 0.493 e. The van der Waals surface area contributed by atoms with E-state index in [-0.39, 0.29) is 12.3 Å². The molecule has 0 saturated carbocycles. The SMILES string of the molecule is COc1cc2c(-c3ccc(NC(=O)Cc4ccc(C(F)(F)F)cc4)cc3)ncnc2cc1OCCCN1C[C@@H]2C[C@H]1CN2C. The summed E-state index contributed by atoms with van der Waals surface area (Å²) in [7, 11) is 3.82. The molecule has 1 amide bonds. The zero-order valence-corrected chi connectivity index (χ0v) is 24.6. The second-order valence-corrected chi connectivity index (χ2v) is 11.4. The summed E-state index contributed by atoms with van der Waals surface area (Å²) in [6, 6.07) is 16.9. The molecule has 3 heterocycles. The van der Waals surface area contributed by atoms with Gasteiger partial charge in [-0.05, 0) is 55.8 Å². The van der Waals surface area contributed by atoms with E-state index in [1.807, 2.05) is 24.3 Å². The van der Waals surface area contributed by atoms with Gasteiger partial charge in [-0.1, -0.05) is 24.3 Å². The Labute approximate surface area is 253 Å². The zero-order chi connectivity index (χ0) is 30.8. The second-order valence-electron chi connectivity index (χ2n) is 11.4. The van der Waals surface area contributed by atoms with Gasteiger partial charge in [0.2, 0.25) is 5.91 Å². The lowest BCUT2D eigenvalue weighted by molar-refractivity contribution is -0.137. The molecule has 0 unspecified atom stereocenters. The number of alkyl halides is 3. The predicted octanol–water partition coefficient (Wildman–Crippen LogP) is 5.66. The summed E-state index contributed by atoms with van der Waals surface area (Å²) in [4.78, 5) is 26.5. The van der Waals surface area contributed by atoms with Crippen LogP contribution in [0.25, 0.3) is 22.2 Å². The van der Waals surface area contributed by atoms with Gasteiger partial charge in [0.25, 0.3) is 0 Å². The van der Waals surface area contributed by atoms with Gasteiger partial charge in [0.1, 0.15) is 6.33 Å². The summed E-state index contributed by atoms with van der Waals surface area (Å²) in [5.41, 5.74) is 2.55. The van der Waals surface area contributed by atoms with Crippen LogP contribution < -0.4 is 14.8 Å². The van der Waals surface area contributed by atoms with E-state index in [1.54, 1.807) is 19.2 Å². The first kappa shape index (κ1) is 29.8. The first-order valence-electron chi connectivity index (χ1n) is 14.6. The first-order valence-corrected chi connectivity index (χ1v) is 14.6. The molecule has 3 aromatic carbocycles. The van der Waals surface area contributed by atoms with Crippen molar-refractivity contribution in [2.45, 2.75) is 37.5 Å². The van der Waals surface area contributed by atoms with Crippen LogP contribution in [-0.4, -0.2) is 78.2 Å².